The van der Waals surface area contributed by atoms with Gasteiger partial charge in [0.25, 0.3) is 45.2 Å². The minimum absolute atomic E-state index is 0.871. The predicted molar refractivity (Wildman–Crippen MR) is 508 cm³/mol. The summed E-state index contributed by atoms with van der Waals surface area (Å²) in [4.78, 5) is 69.3. The van der Waals surface area contributed by atoms with E-state index in [1.165, 1.54) is 0 Å². The summed E-state index contributed by atoms with van der Waals surface area (Å²) in [5, 5.41) is 66.4. The Balaban J connectivity index is 0.000000135. The van der Waals surface area contributed by atoms with Crippen LogP contribution >= 0.6 is 0 Å². The van der Waals surface area contributed by atoms with E-state index in [2.05, 4.69) is 79.7 Å². The predicted octanol–water partition coefficient (Wildman–Crippen LogP) is 0.606. The Kier molecular flexibility index (Phi) is 36.5. The summed E-state index contributed by atoms with van der Waals surface area (Å²) in [6, 6.07) is 81.0. The van der Waals surface area contributed by atoms with Crippen LogP contribution in [0, 0.1) is 0 Å². The first kappa shape index (κ1) is 103. The van der Waals surface area contributed by atoms with Crippen LogP contribution in [0.4, 0.5) is 17.3 Å². The van der Waals surface area contributed by atoms with Gasteiger partial charge in [-0.25, -0.2) is 113 Å². The highest BCUT2D eigenvalue weighted by atomic mass is 19.1. The molecular formula is C96H88B4F4N32O8. The molecule has 0 aliphatic heterocycles. The van der Waals surface area contributed by atoms with E-state index in [4.69, 9.17) is 40.2 Å². The Morgan fingerprint density at radius 3 is 0.333 bits per heavy atom. The molecule has 0 radical (unpaired) electrons. The molecule has 0 atom stereocenters. The lowest BCUT2D eigenvalue weighted by Crippen LogP contribution is -2.39. The molecule has 0 unspecified atom stereocenters. The van der Waals surface area contributed by atoms with Crippen molar-refractivity contribution in [2.24, 2.45) is 56.4 Å². The van der Waals surface area contributed by atoms with E-state index in [9.17, 15) is 17.3 Å². The van der Waals surface area contributed by atoms with Gasteiger partial charge in [-0.05, 0) is 97.1 Å². The first-order valence-electron chi connectivity index (χ1n) is 43.5. The molecule has 0 amide bonds. The number of rotatable bonds is 8. The van der Waals surface area contributed by atoms with Crippen LogP contribution in [0.25, 0.3) is 136 Å². The highest BCUT2D eigenvalue weighted by Crippen LogP contribution is 2.21. The Morgan fingerprint density at radius 2 is 0.243 bits per heavy atom. The standard InChI is InChI=1S/8C12H11N4.4BFO2/c8*1-15-9-16(10-5-3-2-4-6-10)12-11(15)13-7-8-14-12;4*2-1(3)4/h8*2-9H,1H3;;;;/q8*+1;4*-2. The Morgan fingerprint density at radius 1 is 0.160 bits per heavy atom. The van der Waals surface area contributed by atoms with Crippen LogP contribution in [0.1, 0.15) is 0 Å². The maximum absolute atomic E-state index is 9.89. The summed E-state index contributed by atoms with van der Waals surface area (Å²) in [5.74, 6) is 0. The van der Waals surface area contributed by atoms with Crippen molar-refractivity contribution in [2.75, 3.05) is 0 Å². The Hall–Kier alpha value is -18.2. The first-order chi connectivity index (χ1) is 69.8. The van der Waals surface area contributed by atoms with E-state index in [-0.39, 0.29) is 0 Å². The van der Waals surface area contributed by atoms with Gasteiger partial charge in [-0.15, -0.1) is 39.9 Å². The number of aryl methyl sites for hydroxylation is 8. The molecule has 48 heteroatoms. The first-order valence-corrected chi connectivity index (χ1v) is 43.5. The number of nitrogens with zero attached hydrogens (tertiary/aromatic N) is 32. The van der Waals surface area contributed by atoms with Gasteiger partial charge in [-0.2, -0.15) is 0 Å². The van der Waals surface area contributed by atoms with E-state index in [1.54, 1.807) is 99.1 Å². The fraction of sp³-hybridized carbons (Fsp3) is 0.0833. The van der Waals surface area contributed by atoms with Crippen LogP contribution in [0.3, 0.4) is 0 Å². The molecular weight excluding hydrogens is 1850 g/mol. The van der Waals surface area contributed by atoms with Gasteiger partial charge in [0.1, 0.15) is 125 Å². The Labute approximate surface area is 820 Å². The third-order valence-corrected chi connectivity index (χ3v) is 20.4. The van der Waals surface area contributed by atoms with Crippen molar-refractivity contribution < 1.29 is 94.0 Å². The van der Waals surface area contributed by atoms with E-state index < -0.39 is 29.6 Å². The summed E-state index contributed by atoms with van der Waals surface area (Å²) < 4.78 is 71.5. The van der Waals surface area contributed by atoms with Gasteiger partial charge in [0.05, 0.1) is 106 Å². The fourth-order valence-electron chi connectivity index (χ4n) is 14.4. The molecule has 0 saturated heterocycles. The Bertz CT molecular complexity index is 6710. The summed E-state index contributed by atoms with van der Waals surface area (Å²) in [7, 11) is 3.08. The van der Waals surface area contributed by atoms with Gasteiger partial charge in [0.2, 0.25) is 0 Å². The number of hydrogen-bond donors (Lipinski definition) is 0. The van der Waals surface area contributed by atoms with Crippen LogP contribution in [-0.2, 0) is 56.4 Å². The van der Waals surface area contributed by atoms with Crippen molar-refractivity contribution in [2.45, 2.75) is 0 Å². The molecule has 8 aromatic carbocycles. The fourth-order valence-corrected chi connectivity index (χ4v) is 14.4. The molecule has 720 valence electrons. The maximum Gasteiger partial charge on any atom is 0.322 e. The highest BCUT2D eigenvalue weighted by molar-refractivity contribution is 6.27. The number of benzene rings is 8. The van der Waals surface area contributed by atoms with Crippen LogP contribution in [0.5, 0.6) is 0 Å². The average molecular weight is 1940 g/mol. The van der Waals surface area contributed by atoms with Crippen LogP contribution in [-0.4, -0.2) is 146 Å². The van der Waals surface area contributed by atoms with Gasteiger partial charge in [0, 0.05) is 0 Å². The normalized spacial score (nSPS) is 10.4. The lowest BCUT2D eigenvalue weighted by Gasteiger charge is -2.09. The molecule has 0 spiro atoms. The van der Waals surface area contributed by atoms with Crippen molar-refractivity contribution in [3.63, 3.8) is 0 Å². The van der Waals surface area contributed by atoms with Crippen LogP contribution in [0.2, 0.25) is 0 Å². The minimum atomic E-state index is -3.17. The van der Waals surface area contributed by atoms with Crippen molar-refractivity contribution >= 4 is 120 Å². The quantitative estimate of drug-likeness (QED) is 0.114. The van der Waals surface area contributed by atoms with Gasteiger partial charge >= 0.3 is 45.2 Å². The third kappa shape index (κ3) is 27.2. The summed E-state index contributed by atoms with van der Waals surface area (Å²) in [6.07, 6.45) is 43.2. The van der Waals surface area contributed by atoms with E-state index >= 15 is 0 Å². The molecule has 16 heterocycles. The summed E-state index contributed by atoms with van der Waals surface area (Å²) in [5.41, 5.74) is 22.7. The molecule has 0 saturated carbocycles. The highest BCUT2D eigenvalue weighted by Gasteiger charge is 2.24. The molecule has 24 rings (SSSR count). The van der Waals surface area contributed by atoms with Crippen molar-refractivity contribution in [3.8, 4) is 45.5 Å². The van der Waals surface area contributed by atoms with Crippen molar-refractivity contribution in [1.82, 2.24) is 116 Å². The molecule has 0 aliphatic carbocycles. The molecule has 144 heavy (non-hydrogen) atoms. The lowest BCUT2D eigenvalue weighted by atomic mass is 10.3. The smallest absolute Gasteiger partial charge is 0.322 e. The SMILES string of the molecule is C[n+]1cn(-c2ccccc2)c2nccnc21.C[n+]1cn(-c2ccccc2)c2nccnc21.C[n+]1cn(-c2ccccc2)c2nccnc21.C[n+]1cn(-c2ccccc2)c2nccnc21.C[n+]1cn(-c2ccccc2)c2nccnc21.C[n+]1cn(-c2ccccc2)c2nccnc21.C[n+]1cn(-c2ccccc2)c2nccnc21.C[n+]1cn(-c2ccccc2)c2nccnc21.[O-]B([O-])F.[O-]B([O-])F.[O-]B([O-])F.[O-]B([O-])F. The van der Waals surface area contributed by atoms with Gasteiger partial charge in [-0.3, -0.25) is 0 Å². The number of hydrogen-bond acceptors (Lipinski definition) is 24. The van der Waals surface area contributed by atoms with Gasteiger partial charge in [0.15, 0.2) is 50.6 Å². The molecule has 0 fully saturated rings. The van der Waals surface area contributed by atoms with Crippen molar-refractivity contribution in [1.29, 1.82) is 0 Å². The van der Waals surface area contributed by atoms with E-state index in [0.717, 1.165) is 136 Å². The topological polar surface area (TPSA) is 461 Å². The second-order valence-electron chi connectivity index (χ2n) is 30.2. The second-order valence-corrected chi connectivity index (χ2v) is 30.2. The third-order valence-electron chi connectivity index (χ3n) is 20.4. The van der Waals surface area contributed by atoms with E-state index in [1.807, 2.05) is 423 Å². The number of halogens is 4. The monoisotopic (exact) mass is 1940 g/mol. The maximum atomic E-state index is 9.89. The lowest BCUT2D eigenvalue weighted by molar-refractivity contribution is -0.647. The second kappa shape index (κ2) is 50.9. The summed E-state index contributed by atoms with van der Waals surface area (Å²) >= 11 is 0. The van der Waals surface area contributed by atoms with Gasteiger partial charge in [-0.1, -0.05) is 146 Å². The zero-order valence-corrected chi connectivity index (χ0v) is 78.3. The zero-order valence-electron chi connectivity index (χ0n) is 78.3. The zero-order chi connectivity index (χ0) is 102. The molecule has 40 nitrogen and oxygen atoms in total. The van der Waals surface area contributed by atoms with Gasteiger partial charge < -0.3 is 57.5 Å². The molecule has 0 bridgehead atoms. The average Bonchev–Trinajstić information content (AvgIpc) is 1.70. The minimum Gasteiger partial charge on any atom is -0.867 e. The number of aromatic nitrogens is 32. The summed E-state index contributed by atoms with van der Waals surface area (Å²) in [6.45, 7) is 0. The van der Waals surface area contributed by atoms with E-state index in [0.29, 0.717) is 0 Å². The molecule has 24 aromatic rings. The number of para-hydroxylation sites is 8. The largest absolute Gasteiger partial charge is 0.867 e. The van der Waals surface area contributed by atoms with Crippen LogP contribution in [0.15, 0.2) is 392 Å². The number of imidazole rings is 8. The van der Waals surface area contributed by atoms with Crippen molar-refractivity contribution in [3.05, 3.63) is 392 Å². The van der Waals surface area contributed by atoms with Crippen LogP contribution < -0.4 is 76.7 Å². The molecule has 0 N–H and O–H groups in total. The molecule has 16 aromatic heterocycles. The molecule has 0 aliphatic rings. The number of fused-ring (bicyclic) bond motifs is 8.